The maximum absolute atomic E-state index is 12.4. The van der Waals surface area contributed by atoms with Gasteiger partial charge in [0.15, 0.2) is 0 Å². The number of aromatic nitrogens is 2. The number of benzene rings is 2. The van der Waals surface area contributed by atoms with Crippen molar-refractivity contribution in [3.8, 4) is 5.75 Å². The number of aliphatic carboxylic acids is 1. The van der Waals surface area contributed by atoms with E-state index in [9.17, 15) is 14.7 Å². The second-order valence-corrected chi connectivity index (χ2v) is 8.54. The van der Waals surface area contributed by atoms with E-state index in [1.54, 1.807) is 7.11 Å². The number of halogens is 1. The zero-order valence-electron chi connectivity index (χ0n) is 19.7. The number of carbonyl (C=O) groups is 2. The van der Waals surface area contributed by atoms with Gasteiger partial charge in [0.1, 0.15) is 5.75 Å². The van der Waals surface area contributed by atoms with E-state index < -0.39 is 5.97 Å². The number of nitrogens with one attached hydrogen (secondary N) is 3. The Morgan fingerprint density at radius 3 is 2.86 bits per heavy atom. The average Bonchev–Trinajstić information content (AvgIpc) is 3.16. The number of aromatic amines is 1. The molecule has 35 heavy (non-hydrogen) atoms. The highest BCUT2D eigenvalue weighted by atomic mass is 35.5. The summed E-state index contributed by atoms with van der Waals surface area (Å²) in [5, 5.41) is 15.6. The first-order valence-corrected chi connectivity index (χ1v) is 11.5. The molecule has 1 aliphatic rings. The second-order valence-electron chi connectivity index (χ2n) is 8.54. The molecule has 2 aromatic carbocycles. The van der Waals surface area contributed by atoms with E-state index in [0.717, 1.165) is 39.9 Å². The van der Waals surface area contributed by atoms with Crippen molar-refractivity contribution < 1.29 is 19.4 Å². The van der Waals surface area contributed by atoms with Crippen LogP contribution in [0.3, 0.4) is 0 Å². The Morgan fingerprint density at radius 2 is 2.06 bits per heavy atom. The molecule has 1 aliphatic carbocycles. The third-order valence-electron chi connectivity index (χ3n) is 6.11. The minimum Gasteiger partial charge on any atom is -0.497 e. The summed E-state index contributed by atoms with van der Waals surface area (Å²) >= 11 is 0. The molecule has 0 fully saturated rings. The minimum atomic E-state index is -0.804. The van der Waals surface area contributed by atoms with Crippen LogP contribution in [-0.2, 0) is 16.0 Å². The SMILES string of the molecule is COc1ccc2nc(NCCCC(=O)NCC3=CCc4ccccc4C(CC(=O)O)C3)[nH]c2c1.Cl. The molecular weight excluding hydrogens is 468 g/mol. The van der Waals surface area contributed by atoms with E-state index in [1.807, 2.05) is 42.5 Å². The Hall–Kier alpha value is -3.52. The highest BCUT2D eigenvalue weighted by Gasteiger charge is 2.22. The lowest BCUT2D eigenvalue weighted by molar-refractivity contribution is -0.137. The number of anilines is 1. The van der Waals surface area contributed by atoms with Crippen molar-refractivity contribution in [1.29, 1.82) is 0 Å². The molecule has 9 heteroatoms. The van der Waals surface area contributed by atoms with E-state index in [0.29, 0.717) is 38.3 Å². The van der Waals surface area contributed by atoms with Gasteiger partial charge < -0.3 is 25.5 Å². The van der Waals surface area contributed by atoms with Gasteiger partial charge in [0.05, 0.1) is 24.6 Å². The summed E-state index contributed by atoms with van der Waals surface area (Å²) in [6.07, 6.45) is 4.67. The Bertz CT molecular complexity index is 1210. The zero-order chi connectivity index (χ0) is 23.9. The number of allylic oxidation sites excluding steroid dienone is 1. The predicted molar refractivity (Wildman–Crippen MR) is 138 cm³/mol. The first kappa shape index (κ1) is 26.1. The van der Waals surface area contributed by atoms with E-state index in [4.69, 9.17) is 4.74 Å². The minimum absolute atomic E-state index is 0. The van der Waals surface area contributed by atoms with Crippen LogP contribution >= 0.6 is 12.4 Å². The molecule has 8 nitrogen and oxygen atoms in total. The van der Waals surface area contributed by atoms with Crippen LogP contribution in [0.5, 0.6) is 5.75 Å². The van der Waals surface area contributed by atoms with Gasteiger partial charge in [-0.15, -0.1) is 12.4 Å². The lowest BCUT2D eigenvalue weighted by Gasteiger charge is -2.17. The number of fused-ring (bicyclic) bond motifs is 2. The number of rotatable bonds is 10. The first-order chi connectivity index (χ1) is 16.5. The first-order valence-electron chi connectivity index (χ1n) is 11.5. The lowest BCUT2D eigenvalue weighted by Crippen LogP contribution is -2.26. The van der Waals surface area contributed by atoms with Gasteiger partial charge in [-0.05, 0) is 48.4 Å². The standard InChI is InChI=1S/C26H30N4O4.ClH/c1-34-20-10-11-22-23(15-20)30-26(29-22)27-12-4-7-24(31)28-16-17-8-9-18-5-2-3-6-21(18)19(13-17)14-25(32)33;/h2-3,5-6,8,10-11,15,19H,4,7,9,12-14,16H2,1H3,(H,28,31)(H,32,33)(H2,27,29,30);1H. The molecule has 0 bridgehead atoms. The highest BCUT2D eigenvalue weighted by Crippen LogP contribution is 2.33. The highest BCUT2D eigenvalue weighted by molar-refractivity contribution is 5.85. The molecule has 4 rings (SSSR count). The van der Waals surface area contributed by atoms with Gasteiger partial charge in [-0.3, -0.25) is 9.59 Å². The number of methoxy groups -OCH3 is 1. The van der Waals surface area contributed by atoms with Gasteiger partial charge in [-0.2, -0.15) is 0 Å². The van der Waals surface area contributed by atoms with Crippen molar-refractivity contribution >= 4 is 41.3 Å². The number of H-pyrrole nitrogens is 1. The molecule has 0 spiro atoms. The Balaban J connectivity index is 0.00000342. The summed E-state index contributed by atoms with van der Waals surface area (Å²) < 4.78 is 5.23. The van der Waals surface area contributed by atoms with Crippen LogP contribution in [0, 0.1) is 0 Å². The largest absolute Gasteiger partial charge is 0.497 e. The number of amides is 1. The van der Waals surface area contributed by atoms with Crippen LogP contribution in [0.1, 0.15) is 42.7 Å². The van der Waals surface area contributed by atoms with Crippen molar-refractivity contribution in [2.24, 2.45) is 0 Å². The predicted octanol–water partition coefficient (Wildman–Crippen LogP) is 4.43. The summed E-state index contributed by atoms with van der Waals surface area (Å²) in [6, 6.07) is 13.7. The topological polar surface area (TPSA) is 116 Å². The van der Waals surface area contributed by atoms with Crippen molar-refractivity contribution in [2.75, 3.05) is 25.5 Å². The maximum Gasteiger partial charge on any atom is 0.303 e. The summed E-state index contributed by atoms with van der Waals surface area (Å²) in [6.45, 7) is 1.06. The summed E-state index contributed by atoms with van der Waals surface area (Å²) in [5.41, 5.74) is 5.06. The molecular formula is C26H31ClN4O4. The van der Waals surface area contributed by atoms with Crippen molar-refractivity contribution in [1.82, 2.24) is 15.3 Å². The third kappa shape index (κ3) is 6.99. The molecule has 4 N–H and O–H groups in total. The Kier molecular flexibility index (Phi) is 9.14. The van der Waals surface area contributed by atoms with Crippen LogP contribution < -0.4 is 15.4 Å². The van der Waals surface area contributed by atoms with Crippen molar-refractivity contribution in [2.45, 2.75) is 38.0 Å². The van der Waals surface area contributed by atoms with Crippen LogP contribution in [0.2, 0.25) is 0 Å². The molecule has 1 aromatic heterocycles. The zero-order valence-corrected chi connectivity index (χ0v) is 20.5. The second kappa shape index (κ2) is 12.3. The Labute approximate surface area is 210 Å². The van der Waals surface area contributed by atoms with E-state index in [2.05, 4.69) is 26.7 Å². The fourth-order valence-electron chi connectivity index (χ4n) is 4.38. The van der Waals surface area contributed by atoms with Gasteiger partial charge >= 0.3 is 5.97 Å². The van der Waals surface area contributed by atoms with Gasteiger partial charge in [-0.25, -0.2) is 4.98 Å². The Morgan fingerprint density at radius 1 is 1.23 bits per heavy atom. The fraction of sp³-hybridized carbons (Fsp3) is 0.346. The molecule has 1 unspecified atom stereocenters. The quantitative estimate of drug-likeness (QED) is 0.243. The van der Waals surface area contributed by atoms with Gasteiger partial charge in [0, 0.05) is 25.6 Å². The monoisotopic (exact) mass is 498 g/mol. The van der Waals surface area contributed by atoms with Crippen molar-refractivity contribution in [3.05, 3.63) is 65.2 Å². The van der Waals surface area contributed by atoms with Crippen LogP contribution in [-0.4, -0.2) is 47.2 Å². The summed E-state index contributed by atoms with van der Waals surface area (Å²) in [4.78, 5) is 31.4. The molecule has 0 saturated carbocycles. The lowest BCUT2D eigenvalue weighted by atomic mass is 9.88. The van der Waals surface area contributed by atoms with Crippen molar-refractivity contribution in [3.63, 3.8) is 0 Å². The molecule has 186 valence electrons. The van der Waals surface area contributed by atoms with Gasteiger partial charge in [0.25, 0.3) is 0 Å². The maximum atomic E-state index is 12.4. The molecule has 3 aromatic rings. The number of imidazole rings is 1. The molecule has 0 aliphatic heterocycles. The van der Waals surface area contributed by atoms with Crippen LogP contribution in [0.15, 0.2) is 54.1 Å². The smallest absolute Gasteiger partial charge is 0.303 e. The number of carboxylic acid groups (broad SMARTS) is 1. The number of hydrogen-bond donors (Lipinski definition) is 4. The number of nitrogens with zero attached hydrogens (tertiary/aromatic N) is 1. The number of carbonyl (C=O) groups excluding carboxylic acids is 1. The number of carboxylic acids is 1. The number of hydrogen-bond acceptors (Lipinski definition) is 5. The molecule has 0 saturated heterocycles. The number of ether oxygens (including phenoxy) is 1. The van der Waals surface area contributed by atoms with E-state index in [-0.39, 0.29) is 30.7 Å². The van der Waals surface area contributed by atoms with E-state index >= 15 is 0 Å². The summed E-state index contributed by atoms with van der Waals surface area (Å²) in [7, 11) is 1.63. The average molecular weight is 499 g/mol. The van der Waals surface area contributed by atoms with Crippen LogP contribution in [0.25, 0.3) is 11.0 Å². The van der Waals surface area contributed by atoms with Gasteiger partial charge in [0.2, 0.25) is 11.9 Å². The fourth-order valence-corrected chi connectivity index (χ4v) is 4.38. The molecule has 1 amide bonds. The van der Waals surface area contributed by atoms with E-state index in [1.165, 1.54) is 0 Å². The molecule has 0 radical (unpaired) electrons. The third-order valence-corrected chi connectivity index (χ3v) is 6.11. The molecule has 1 atom stereocenters. The van der Waals surface area contributed by atoms with Crippen LogP contribution in [0.4, 0.5) is 5.95 Å². The van der Waals surface area contributed by atoms with Gasteiger partial charge in [-0.1, -0.05) is 35.9 Å². The summed E-state index contributed by atoms with van der Waals surface area (Å²) in [5.74, 6) is 0.528. The normalized spacial score (nSPS) is 14.8. The molecule has 1 heterocycles.